The second-order valence-electron chi connectivity index (χ2n) is 5.97. The van der Waals surface area contributed by atoms with Crippen molar-refractivity contribution in [2.45, 2.75) is 25.3 Å². The van der Waals surface area contributed by atoms with Crippen molar-refractivity contribution < 1.29 is 14.4 Å². The molecule has 0 radical (unpaired) electrons. The number of nitrogens with zero attached hydrogens (tertiary/aromatic N) is 1. The zero-order valence-electron chi connectivity index (χ0n) is 11.7. The highest BCUT2D eigenvalue weighted by atomic mass is 35.5. The number of urea groups is 1. The van der Waals surface area contributed by atoms with Crippen LogP contribution in [0.3, 0.4) is 0 Å². The van der Waals surface area contributed by atoms with E-state index < -0.39 is 23.3 Å². The van der Waals surface area contributed by atoms with Crippen LogP contribution in [0, 0.1) is 5.41 Å². The van der Waals surface area contributed by atoms with Gasteiger partial charge in [0, 0.05) is 23.7 Å². The molecule has 114 valence electrons. The van der Waals surface area contributed by atoms with Crippen LogP contribution in [-0.4, -0.2) is 30.4 Å². The topological polar surface area (TPSA) is 78.5 Å². The molecule has 2 saturated heterocycles. The molecule has 0 aromatic heterocycles. The second-order valence-corrected chi connectivity index (χ2v) is 6.38. The number of fused-ring (bicyclic) bond motifs is 4. The number of nitrogens with one attached hydrogen (secondary N) is 2. The molecule has 4 rings (SSSR count). The van der Waals surface area contributed by atoms with Crippen molar-refractivity contribution >= 4 is 35.1 Å². The Labute approximate surface area is 131 Å². The van der Waals surface area contributed by atoms with E-state index >= 15 is 0 Å². The Bertz CT molecular complexity index is 698. The molecule has 3 heterocycles. The predicted molar refractivity (Wildman–Crippen MR) is 79.6 cm³/mol. The van der Waals surface area contributed by atoms with Crippen molar-refractivity contribution in [1.82, 2.24) is 10.6 Å². The number of benzene rings is 1. The van der Waals surface area contributed by atoms with Crippen molar-refractivity contribution in [3.8, 4) is 0 Å². The average molecular weight is 320 g/mol. The SMILES string of the molecule is O=C1NC(=O)C2(Cc3c(Cl)cccc3N3CCCC32)C(=O)N1. The van der Waals surface area contributed by atoms with E-state index in [9.17, 15) is 14.4 Å². The molecular formula is C15H14ClN3O3. The number of barbiturate groups is 1. The highest BCUT2D eigenvalue weighted by Gasteiger charge is 2.60. The number of carbonyl (C=O) groups excluding carboxylic acids is 3. The van der Waals surface area contributed by atoms with Gasteiger partial charge in [-0.25, -0.2) is 4.79 Å². The average Bonchev–Trinajstić information content (AvgIpc) is 2.95. The maximum atomic E-state index is 12.6. The van der Waals surface area contributed by atoms with Gasteiger partial charge in [-0.1, -0.05) is 17.7 Å². The molecule has 1 aromatic rings. The standard InChI is InChI=1S/C15H14ClN3O3/c16-9-3-1-4-10-8(9)7-15(11-5-2-6-19(10)11)12(20)17-14(22)18-13(15)21/h1,3-4,11H,2,5-7H2,(H2,17,18,20,21,22). The lowest BCUT2D eigenvalue weighted by molar-refractivity contribution is -0.146. The van der Waals surface area contributed by atoms with Crippen LogP contribution in [0.4, 0.5) is 10.5 Å². The predicted octanol–water partition coefficient (Wildman–Crippen LogP) is 1.22. The van der Waals surface area contributed by atoms with Gasteiger partial charge in [0.2, 0.25) is 11.8 Å². The van der Waals surface area contributed by atoms with Crippen LogP contribution < -0.4 is 15.5 Å². The number of halogens is 1. The van der Waals surface area contributed by atoms with Crippen LogP contribution in [0.2, 0.25) is 5.02 Å². The van der Waals surface area contributed by atoms with E-state index in [-0.39, 0.29) is 12.5 Å². The minimum Gasteiger partial charge on any atom is -0.367 e. The molecule has 22 heavy (non-hydrogen) atoms. The van der Waals surface area contributed by atoms with E-state index in [0.29, 0.717) is 5.02 Å². The Morgan fingerprint density at radius 3 is 2.64 bits per heavy atom. The summed E-state index contributed by atoms with van der Waals surface area (Å²) in [7, 11) is 0. The Balaban J connectivity index is 1.91. The van der Waals surface area contributed by atoms with E-state index in [1.165, 1.54) is 0 Å². The normalized spacial score (nSPS) is 25.6. The summed E-state index contributed by atoms with van der Waals surface area (Å²) >= 11 is 6.30. The zero-order chi connectivity index (χ0) is 15.5. The molecule has 2 N–H and O–H groups in total. The minimum absolute atomic E-state index is 0.216. The summed E-state index contributed by atoms with van der Waals surface area (Å²) in [6.07, 6.45) is 1.85. The van der Waals surface area contributed by atoms with Gasteiger partial charge in [-0.15, -0.1) is 0 Å². The second kappa shape index (κ2) is 4.46. The lowest BCUT2D eigenvalue weighted by Crippen LogP contribution is -2.70. The van der Waals surface area contributed by atoms with Crippen molar-refractivity contribution in [3.05, 3.63) is 28.8 Å². The molecule has 1 unspecified atom stereocenters. The number of hydrogen-bond acceptors (Lipinski definition) is 4. The molecule has 0 bridgehead atoms. The summed E-state index contributed by atoms with van der Waals surface area (Å²) in [4.78, 5) is 38.7. The molecule has 3 aliphatic rings. The molecule has 4 amide bonds. The van der Waals surface area contributed by atoms with Crippen molar-refractivity contribution in [3.63, 3.8) is 0 Å². The maximum Gasteiger partial charge on any atom is 0.328 e. The van der Waals surface area contributed by atoms with E-state index in [4.69, 9.17) is 11.6 Å². The molecule has 7 heteroatoms. The Morgan fingerprint density at radius 2 is 1.91 bits per heavy atom. The van der Waals surface area contributed by atoms with Crippen LogP contribution in [0.15, 0.2) is 18.2 Å². The number of rotatable bonds is 0. The van der Waals surface area contributed by atoms with Crippen LogP contribution >= 0.6 is 11.6 Å². The molecule has 0 saturated carbocycles. The number of carbonyl (C=O) groups is 3. The smallest absolute Gasteiger partial charge is 0.328 e. The fourth-order valence-electron chi connectivity index (χ4n) is 3.98. The van der Waals surface area contributed by atoms with E-state index in [0.717, 1.165) is 30.6 Å². The molecule has 1 atom stereocenters. The fourth-order valence-corrected chi connectivity index (χ4v) is 4.22. The summed E-state index contributed by atoms with van der Waals surface area (Å²) < 4.78 is 0. The number of amides is 4. The maximum absolute atomic E-state index is 12.6. The van der Waals surface area contributed by atoms with Gasteiger partial charge in [0.05, 0.1) is 6.04 Å². The lowest BCUT2D eigenvalue weighted by Gasteiger charge is -2.47. The Morgan fingerprint density at radius 1 is 1.18 bits per heavy atom. The molecule has 2 fully saturated rings. The van der Waals surface area contributed by atoms with Crippen LogP contribution in [0.25, 0.3) is 0 Å². The van der Waals surface area contributed by atoms with Crippen LogP contribution in [0.1, 0.15) is 18.4 Å². The highest BCUT2D eigenvalue weighted by Crippen LogP contribution is 2.48. The molecule has 1 aromatic carbocycles. The van der Waals surface area contributed by atoms with Gasteiger partial charge in [-0.2, -0.15) is 0 Å². The molecule has 1 spiro atoms. The summed E-state index contributed by atoms with van der Waals surface area (Å²) in [6, 6.07) is 4.60. The Hall–Kier alpha value is -2.08. The van der Waals surface area contributed by atoms with Gasteiger partial charge in [0.15, 0.2) is 5.41 Å². The molecule has 0 aliphatic carbocycles. The fraction of sp³-hybridized carbons (Fsp3) is 0.400. The van der Waals surface area contributed by atoms with Crippen LogP contribution in [0.5, 0.6) is 0 Å². The molecule has 6 nitrogen and oxygen atoms in total. The summed E-state index contributed by atoms with van der Waals surface area (Å²) in [5.41, 5.74) is 0.489. The van der Waals surface area contributed by atoms with Crippen molar-refractivity contribution in [1.29, 1.82) is 0 Å². The third-order valence-electron chi connectivity index (χ3n) is 4.95. The quantitative estimate of drug-likeness (QED) is 0.705. The van der Waals surface area contributed by atoms with Gasteiger partial charge < -0.3 is 4.90 Å². The first-order chi connectivity index (χ1) is 10.5. The summed E-state index contributed by atoms with van der Waals surface area (Å²) in [5.74, 6) is -1.05. The first-order valence-corrected chi connectivity index (χ1v) is 7.63. The number of hydrogen-bond donors (Lipinski definition) is 2. The largest absolute Gasteiger partial charge is 0.367 e. The molecule has 3 aliphatic heterocycles. The van der Waals surface area contributed by atoms with E-state index in [1.807, 2.05) is 12.1 Å². The first kappa shape index (κ1) is 13.6. The van der Waals surface area contributed by atoms with E-state index in [2.05, 4.69) is 15.5 Å². The van der Waals surface area contributed by atoms with Gasteiger partial charge in [0.1, 0.15) is 0 Å². The van der Waals surface area contributed by atoms with Crippen LogP contribution in [-0.2, 0) is 16.0 Å². The van der Waals surface area contributed by atoms with Crippen molar-refractivity contribution in [2.75, 3.05) is 11.4 Å². The number of imide groups is 2. The third kappa shape index (κ3) is 1.58. The lowest BCUT2D eigenvalue weighted by atomic mass is 9.69. The summed E-state index contributed by atoms with van der Waals surface area (Å²) in [5, 5.41) is 5.05. The van der Waals surface area contributed by atoms with Gasteiger partial charge in [-0.05, 0) is 30.5 Å². The van der Waals surface area contributed by atoms with Crippen molar-refractivity contribution in [2.24, 2.45) is 5.41 Å². The van der Waals surface area contributed by atoms with E-state index in [1.54, 1.807) is 6.07 Å². The monoisotopic (exact) mass is 319 g/mol. The summed E-state index contributed by atoms with van der Waals surface area (Å²) in [6.45, 7) is 0.772. The first-order valence-electron chi connectivity index (χ1n) is 7.25. The van der Waals surface area contributed by atoms with Gasteiger partial charge >= 0.3 is 6.03 Å². The molecular weight excluding hydrogens is 306 g/mol. The van der Waals surface area contributed by atoms with Gasteiger partial charge in [-0.3, -0.25) is 20.2 Å². The highest BCUT2D eigenvalue weighted by molar-refractivity contribution is 6.32. The zero-order valence-corrected chi connectivity index (χ0v) is 12.4. The van der Waals surface area contributed by atoms with Gasteiger partial charge in [0.25, 0.3) is 0 Å². The number of anilines is 1. The minimum atomic E-state index is -1.29. The third-order valence-corrected chi connectivity index (χ3v) is 5.30. The Kier molecular flexibility index (Phi) is 2.75.